The van der Waals surface area contributed by atoms with Gasteiger partial charge in [-0.15, -0.1) is 0 Å². The smallest absolute Gasteiger partial charge is 0.335 e. The molecule has 3 aliphatic heterocycles. The Bertz CT molecular complexity index is 2050. The Morgan fingerprint density at radius 1 is 0.622 bits per heavy atom. The fraction of sp³-hybridized carbons (Fsp3) is 0.105. The van der Waals surface area contributed by atoms with Gasteiger partial charge in [0.15, 0.2) is 5.78 Å². The van der Waals surface area contributed by atoms with Crippen molar-refractivity contribution in [3.8, 4) is 5.75 Å². The lowest BCUT2D eigenvalue weighted by Crippen LogP contribution is -2.50. The summed E-state index contributed by atoms with van der Waals surface area (Å²) in [7, 11) is 0. The van der Waals surface area contributed by atoms with Gasteiger partial charge in [0.25, 0.3) is 0 Å². The summed E-state index contributed by atoms with van der Waals surface area (Å²) < 4.78 is 5.91. The SMILES string of the molecule is O=C(c1ccccc1)c1ccc(OC(=O)[C@@H]2[C@H]3C(=O)N(c4cccc5ccccc45)C(=O)[C@@H]3[C@H]3C=Cc4ccccc4N32)cc1. The van der Waals surface area contributed by atoms with Crippen molar-refractivity contribution in [1.82, 2.24) is 0 Å². The lowest BCUT2D eigenvalue weighted by molar-refractivity contribution is -0.139. The topological polar surface area (TPSA) is 84.0 Å². The lowest BCUT2D eigenvalue weighted by atomic mass is 9.89. The highest BCUT2D eigenvalue weighted by molar-refractivity contribution is 6.27. The first-order valence-electron chi connectivity index (χ1n) is 14.8. The number of para-hydroxylation sites is 1. The van der Waals surface area contributed by atoms with Crippen molar-refractivity contribution in [3.05, 3.63) is 144 Å². The van der Waals surface area contributed by atoms with Crippen LogP contribution in [-0.4, -0.2) is 35.7 Å². The Morgan fingerprint density at radius 3 is 2.09 bits per heavy atom. The van der Waals surface area contributed by atoms with Gasteiger partial charge >= 0.3 is 5.97 Å². The third-order valence-corrected chi connectivity index (χ3v) is 9.03. The Morgan fingerprint density at radius 2 is 1.27 bits per heavy atom. The fourth-order valence-corrected chi connectivity index (χ4v) is 7.03. The Kier molecular flexibility index (Phi) is 6.20. The molecule has 5 aromatic rings. The number of hydrogen-bond donors (Lipinski definition) is 0. The van der Waals surface area contributed by atoms with Gasteiger partial charge in [-0.2, -0.15) is 0 Å². The molecule has 0 aliphatic carbocycles. The molecule has 8 rings (SSSR count). The van der Waals surface area contributed by atoms with Gasteiger partial charge < -0.3 is 9.64 Å². The quantitative estimate of drug-likeness (QED) is 0.107. The highest BCUT2D eigenvalue weighted by atomic mass is 16.5. The first-order chi connectivity index (χ1) is 22.0. The van der Waals surface area contributed by atoms with E-state index in [1.165, 1.54) is 4.90 Å². The van der Waals surface area contributed by atoms with E-state index in [1.54, 1.807) is 54.6 Å². The summed E-state index contributed by atoms with van der Waals surface area (Å²) in [6.45, 7) is 0. The van der Waals surface area contributed by atoms with Gasteiger partial charge in [0.2, 0.25) is 11.8 Å². The molecular weight excluding hydrogens is 564 g/mol. The summed E-state index contributed by atoms with van der Waals surface area (Å²) in [6.07, 6.45) is 3.86. The predicted molar refractivity (Wildman–Crippen MR) is 171 cm³/mol. The molecular formula is C38H26N2O5. The minimum atomic E-state index is -1.05. The number of rotatable bonds is 5. The number of esters is 1. The van der Waals surface area contributed by atoms with Gasteiger partial charge in [-0.1, -0.05) is 97.1 Å². The number of nitrogens with zero attached hydrogens (tertiary/aromatic N) is 2. The molecule has 218 valence electrons. The monoisotopic (exact) mass is 590 g/mol. The number of ether oxygens (including phenoxy) is 1. The summed E-state index contributed by atoms with van der Waals surface area (Å²) in [5, 5.41) is 1.69. The number of hydrogen-bond acceptors (Lipinski definition) is 6. The van der Waals surface area contributed by atoms with Crippen LogP contribution in [0.4, 0.5) is 11.4 Å². The van der Waals surface area contributed by atoms with Crippen molar-refractivity contribution >= 4 is 51.8 Å². The van der Waals surface area contributed by atoms with Crippen LogP contribution in [0.25, 0.3) is 16.8 Å². The Labute approximate surface area is 259 Å². The highest BCUT2D eigenvalue weighted by Gasteiger charge is 2.65. The lowest BCUT2D eigenvalue weighted by Gasteiger charge is -2.36. The van der Waals surface area contributed by atoms with E-state index in [9.17, 15) is 19.2 Å². The standard InChI is InChI=1S/C38H26N2O5/c41-35(25-11-2-1-3-12-25)26-17-20-27(21-18-26)45-38(44)34-33-32(31-22-19-24-10-5-7-15-29(24)39(31)34)36(42)40(37(33)43)30-16-8-13-23-9-4-6-14-28(23)30/h1-22,31-34H/t31-,32-,33+,34+/m1/s1. The molecule has 2 amide bonds. The van der Waals surface area contributed by atoms with E-state index >= 15 is 0 Å². The van der Waals surface area contributed by atoms with Crippen LogP contribution in [0, 0.1) is 11.8 Å². The van der Waals surface area contributed by atoms with Crippen LogP contribution in [0.3, 0.4) is 0 Å². The third kappa shape index (κ3) is 4.19. The van der Waals surface area contributed by atoms with E-state index in [0.717, 1.165) is 22.0 Å². The zero-order valence-corrected chi connectivity index (χ0v) is 23.9. The van der Waals surface area contributed by atoms with Gasteiger partial charge in [-0.05, 0) is 47.3 Å². The second-order valence-corrected chi connectivity index (χ2v) is 11.5. The van der Waals surface area contributed by atoms with Gasteiger partial charge in [-0.3, -0.25) is 14.4 Å². The minimum absolute atomic E-state index is 0.143. The summed E-state index contributed by atoms with van der Waals surface area (Å²) >= 11 is 0. The maximum absolute atomic E-state index is 14.3. The molecule has 0 saturated carbocycles. The van der Waals surface area contributed by atoms with Gasteiger partial charge in [0.05, 0.1) is 23.6 Å². The van der Waals surface area contributed by atoms with Crippen LogP contribution >= 0.6 is 0 Å². The fourth-order valence-electron chi connectivity index (χ4n) is 7.03. The summed E-state index contributed by atoms with van der Waals surface area (Å²) in [5.74, 6) is -3.02. The normalized spacial score (nSPS) is 21.4. The Balaban J connectivity index is 1.15. The van der Waals surface area contributed by atoms with Crippen LogP contribution < -0.4 is 14.5 Å². The average Bonchev–Trinajstić information content (AvgIpc) is 3.57. The molecule has 2 saturated heterocycles. The van der Waals surface area contributed by atoms with Crippen LogP contribution in [0.2, 0.25) is 0 Å². The number of carbonyl (C=O) groups is 4. The number of ketones is 1. The molecule has 0 aromatic heterocycles. The van der Waals surface area contributed by atoms with Crippen molar-refractivity contribution in [2.45, 2.75) is 12.1 Å². The molecule has 3 aliphatic rings. The molecule has 0 radical (unpaired) electrons. The van der Waals surface area contributed by atoms with E-state index in [4.69, 9.17) is 4.74 Å². The number of imide groups is 1. The maximum atomic E-state index is 14.3. The van der Waals surface area contributed by atoms with Crippen LogP contribution in [-0.2, 0) is 14.4 Å². The van der Waals surface area contributed by atoms with Crippen molar-refractivity contribution in [3.63, 3.8) is 0 Å². The zero-order valence-electron chi connectivity index (χ0n) is 23.9. The molecule has 3 heterocycles. The summed E-state index contributed by atoms with van der Waals surface area (Å²) in [6, 6.07) is 34.5. The average molecular weight is 591 g/mol. The maximum Gasteiger partial charge on any atom is 0.335 e. The second-order valence-electron chi connectivity index (χ2n) is 11.5. The van der Waals surface area contributed by atoms with E-state index in [0.29, 0.717) is 16.8 Å². The van der Waals surface area contributed by atoms with Crippen molar-refractivity contribution < 1.29 is 23.9 Å². The molecule has 5 aromatic carbocycles. The van der Waals surface area contributed by atoms with E-state index in [-0.39, 0.29) is 17.4 Å². The number of benzene rings is 5. The molecule has 7 nitrogen and oxygen atoms in total. The minimum Gasteiger partial charge on any atom is -0.425 e. The van der Waals surface area contributed by atoms with Crippen molar-refractivity contribution in [1.29, 1.82) is 0 Å². The molecule has 0 N–H and O–H groups in total. The van der Waals surface area contributed by atoms with Crippen molar-refractivity contribution in [2.24, 2.45) is 11.8 Å². The van der Waals surface area contributed by atoms with Crippen molar-refractivity contribution in [2.75, 3.05) is 9.80 Å². The largest absolute Gasteiger partial charge is 0.425 e. The van der Waals surface area contributed by atoms with Crippen LogP contribution in [0.5, 0.6) is 5.75 Å². The Hall–Kier alpha value is -5.82. The molecule has 4 atom stereocenters. The highest BCUT2D eigenvalue weighted by Crippen LogP contribution is 2.50. The first-order valence-corrected chi connectivity index (χ1v) is 14.8. The molecule has 7 heteroatoms. The molecule has 0 spiro atoms. The van der Waals surface area contributed by atoms with E-state index in [2.05, 4.69) is 0 Å². The number of carbonyl (C=O) groups excluding carboxylic acids is 4. The van der Waals surface area contributed by atoms with Gasteiger partial charge in [-0.25, -0.2) is 9.69 Å². The third-order valence-electron chi connectivity index (χ3n) is 9.03. The molecule has 0 unspecified atom stereocenters. The first kappa shape index (κ1) is 26.8. The molecule has 0 bridgehead atoms. The van der Waals surface area contributed by atoms with Gasteiger partial charge in [0.1, 0.15) is 11.8 Å². The summed E-state index contributed by atoms with van der Waals surface area (Å²) in [5.41, 5.74) is 3.18. The number of fused-ring (bicyclic) bond motifs is 6. The number of amides is 2. The van der Waals surface area contributed by atoms with E-state index in [1.807, 2.05) is 83.8 Å². The molecule has 45 heavy (non-hydrogen) atoms. The van der Waals surface area contributed by atoms with Gasteiger partial charge in [0, 0.05) is 22.2 Å². The molecule has 2 fully saturated rings. The second kappa shape index (κ2) is 10.4. The zero-order chi connectivity index (χ0) is 30.7. The summed E-state index contributed by atoms with van der Waals surface area (Å²) in [4.78, 5) is 58.7. The number of anilines is 2. The van der Waals surface area contributed by atoms with Crippen LogP contribution in [0.15, 0.2) is 127 Å². The predicted octanol–water partition coefficient (Wildman–Crippen LogP) is 6.07. The van der Waals surface area contributed by atoms with Crippen LogP contribution in [0.1, 0.15) is 21.5 Å². The van der Waals surface area contributed by atoms with E-state index < -0.39 is 35.8 Å².